The van der Waals surface area contributed by atoms with Gasteiger partial charge in [-0.3, -0.25) is 4.79 Å². The van der Waals surface area contributed by atoms with Crippen LogP contribution in [0.5, 0.6) is 0 Å². The molecule has 1 aromatic heterocycles. The number of anilines is 1. The fourth-order valence-electron chi connectivity index (χ4n) is 2.41. The first-order valence-corrected chi connectivity index (χ1v) is 9.01. The van der Waals surface area contributed by atoms with E-state index in [9.17, 15) is 14.4 Å². The van der Waals surface area contributed by atoms with Gasteiger partial charge in [-0.2, -0.15) is 0 Å². The number of methoxy groups -OCH3 is 1. The molecule has 0 spiro atoms. The van der Waals surface area contributed by atoms with Gasteiger partial charge in [-0.1, -0.05) is 25.5 Å². The molecule has 0 unspecified atom stereocenters. The summed E-state index contributed by atoms with van der Waals surface area (Å²) in [6, 6.07) is 8.27. The van der Waals surface area contributed by atoms with Crippen LogP contribution in [-0.2, 0) is 20.7 Å². The maximum Gasteiger partial charge on any atom is 0.348 e. The predicted octanol–water partition coefficient (Wildman–Crippen LogP) is 3.59. The van der Waals surface area contributed by atoms with Crippen LogP contribution in [0.15, 0.2) is 30.3 Å². The van der Waals surface area contributed by atoms with Crippen LogP contribution >= 0.6 is 11.3 Å². The standard InChI is InChI=1S/C19H21NO5S/c1-4-7-13-10-16(26-12(13)2)19(23)25-11-17(21)20-15-9-6-5-8-14(15)18(22)24-3/h5-6,8-10H,4,7,11H2,1-3H3,(H,20,21). The molecular formula is C19H21NO5S. The van der Waals surface area contributed by atoms with Gasteiger partial charge in [0.15, 0.2) is 6.61 Å². The summed E-state index contributed by atoms with van der Waals surface area (Å²) in [6.07, 6.45) is 1.90. The zero-order valence-electron chi connectivity index (χ0n) is 15.0. The second kappa shape index (κ2) is 9.15. The second-order valence-corrected chi connectivity index (χ2v) is 6.86. The maximum atomic E-state index is 12.1. The number of rotatable bonds is 7. The van der Waals surface area contributed by atoms with E-state index in [2.05, 4.69) is 17.0 Å². The minimum atomic E-state index is -0.560. The van der Waals surface area contributed by atoms with E-state index in [1.54, 1.807) is 18.2 Å². The molecule has 0 aliphatic carbocycles. The molecule has 2 aromatic rings. The van der Waals surface area contributed by atoms with Crippen molar-refractivity contribution in [2.24, 2.45) is 0 Å². The number of ether oxygens (including phenoxy) is 2. The van der Waals surface area contributed by atoms with Crippen molar-refractivity contribution in [2.75, 3.05) is 19.0 Å². The lowest BCUT2D eigenvalue weighted by Crippen LogP contribution is -2.22. The Balaban J connectivity index is 1.96. The van der Waals surface area contributed by atoms with E-state index in [0.29, 0.717) is 10.6 Å². The Kier molecular flexibility index (Phi) is 6.91. The van der Waals surface area contributed by atoms with Gasteiger partial charge in [0.05, 0.1) is 18.4 Å². The van der Waals surface area contributed by atoms with Crippen LogP contribution < -0.4 is 5.32 Å². The lowest BCUT2D eigenvalue weighted by atomic mass is 10.1. The number of hydrogen-bond donors (Lipinski definition) is 1. The number of benzene rings is 1. The zero-order chi connectivity index (χ0) is 19.1. The van der Waals surface area contributed by atoms with E-state index in [4.69, 9.17) is 4.74 Å². The normalized spacial score (nSPS) is 10.3. The summed E-state index contributed by atoms with van der Waals surface area (Å²) in [7, 11) is 1.26. The molecule has 138 valence electrons. The monoisotopic (exact) mass is 375 g/mol. The van der Waals surface area contributed by atoms with Gasteiger partial charge in [0, 0.05) is 4.88 Å². The Morgan fingerprint density at radius 2 is 1.88 bits per heavy atom. The number of hydrogen-bond acceptors (Lipinski definition) is 6. The average molecular weight is 375 g/mol. The van der Waals surface area contributed by atoms with Gasteiger partial charge in [0.25, 0.3) is 5.91 Å². The molecule has 7 heteroatoms. The molecule has 0 atom stereocenters. The van der Waals surface area contributed by atoms with Gasteiger partial charge in [-0.15, -0.1) is 11.3 Å². The van der Waals surface area contributed by atoms with Gasteiger partial charge >= 0.3 is 11.9 Å². The van der Waals surface area contributed by atoms with E-state index >= 15 is 0 Å². The first-order chi connectivity index (χ1) is 12.5. The number of carbonyl (C=O) groups excluding carboxylic acids is 3. The predicted molar refractivity (Wildman–Crippen MR) is 99.7 cm³/mol. The van der Waals surface area contributed by atoms with E-state index in [0.717, 1.165) is 23.3 Å². The van der Waals surface area contributed by atoms with E-state index < -0.39 is 24.5 Å². The van der Waals surface area contributed by atoms with Crippen molar-refractivity contribution in [3.8, 4) is 0 Å². The van der Waals surface area contributed by atoms with Crippen LogP contribution in [0.1, 0.15) is 43.8 Å². The summed E-state index contributed by atoms with van der Waals surface area (Å²) in [6.45, 7) is 3.60. The van der Waals surface area contributed by atoms with E-state index in [1.807, 2.05) is 13.0 Å². The molecule has 0 aliphatic heterocycles. The highest BCUT2D eigenvalue weighted by molar-refractivity contribution is 7.14. The quantitative estimate of drug-likeness (QED) is 0.748. The molecule has 26 heavy (non-hydrogen) atoms. The van der Waals surface area contributed by atoms with Gasteiger partial charge in [-0.25, -0.2) is 9.59 Å². The number of esters is 2. The third kappa shape index (κ3) is 4.92. The molecule has 6 nitrogen and oxygen atoms in total. The fourth-order valence-corrected chi connectivity index (χ4v) is 3.37. The fraction of sp³-hybridized carbons (Fsp3) is 0.316. The number of nitrogens with one attached hydrogen (secondary N) is 1. The van der Waals surface area contributed by atoms with Crippen LogP contribution in [0, 0.1) is 6.92 Å². The SMILES string of the molecule is CCCc1cc(C(=O)OCC(=O)Nc2ccccc2C(=O)OC)sc1C. The topological polar surface area (TPSA) is 81.7 Å². The van der Waals surface area contributed by atoms with E-state index in [-0.39, 0.29) is 5.56 Å². The average Bonchev–Trinajstić information content (AvgIpc) is 3.00. The summed E-state index contributed by atoms with van der Waals surface area (Å²) in [5.74, 6) is -1.62. The first-order valence-electron chi connectivity index (χ1n) is 8.19. The molecule has 1 amide bonds. The lowest BCUT2D eigenvalue weighted by molar-refractivity contribution is -0.119. The van der Waals surface area contributed by atoms with Gasteiger partial charge < -0.3 is 14.8 Å². The molecular weight excluding hydrogens is 354 g/mol. The smallest absolute Gasteiger partial charge is 0.348 e. The summed E-state index contributed by atoms with van der Waals surface area (Å²) >= 11 is 1.36. The summed E-state index contributed by atoms with van der Waals surface area (Å²) in [5, 5.41) is 2.56. The third-order valence-corrected chi connectivity index (χ3v) is 4.75. The molecule has 2 rings (SSSR count). The summed E-state index contributed by atoms with van der Waals surface area (Å²) in [5.41, 5.74) is 1.66. The van der Waals surface area contributed by atoms with E-state index in [1.165, 1.54) is 24.5 Å². The van der Waals surface area contributed by atoms with Crippen molar-refractivity contribution >= 4 is 34.9 Å². The minimum absolute atomic E-state index is 0.229. The molecule has 0 radical (unpaired) electrons. The first kappa shape index (κ1) is 19.7. The summed E-state index contributed by atoms with van der Waals surface area (Å²) in [4.78, 5) is 37.4. The highest BCUT2D eigenvalue weighted by Crippen LogP contribution is 2.23. The van der Waals surface area contributed by atoms with Gasteiger partial charge in [-0.05, 0) is 37.1 Å². The molecule has 0 aliphatic rings. The van der Waals surface area contributed by atoms with Crippen molar-refractivity contribution in [1.82, 2.24) is 0 Å². The zero-order valence-corrected chi connectivity index (χ0v) is 15.8. The Hall–Kier alpha value is -2.67. The van der Waals surface area contributed by atoms with Gasteiger partial charge in [0.1, 0.15) is 4.88 Å². The Morgan fingerprint density at radius 3 is 2.58 bits per heavy atom. The van der Waals surface area contributed by atoms with Crippen molar-refractivity contribution in [2.45, 2.75) is 26.7 Å². The molecule has 0 fully saturated rings. The van der Waals surface area contributed by atoms with Crippen molar-refractivity contribution in [1.29, 1.82) is 0 Å². The molecule has 1 N–H and O–H groups in total. The molecule has 1 aromatic carbocycles. The Labute approximate surface area is 156 Å². The number of para-hydroxylation sites is 1. The van der Waals surface area contributed by atoms with Gasteiger partial charge in [0.2, 0.25) is 0 Å². The van der Waals surface area contributed by atoms with Crippen molar-refractivity contribution in [3.63, 3.8) is 0 Å². The number of carbonyl (C=O) groups is 3. The third-order valence-electron chi connectivity index (χ3n) is 3.68. The van der Waals surface area contributed by atoms with Crippen LogP contribution in [0.4, 0.5) is 5.69 Å². The number of amides is 1. The minimum Gasteiger partial charge on any atom is -0.465 e. The second-order valence-electron chi connectivity index (χ2n) is 5.60. The Morgan fingerprint density at radius 1 is 1.15 bits per heavy atom. The van der Waals surface area contributed by atoms with Crippen LogP contribution in [-0.4, -0.2) is 31.6 Å². The molecule has 0 bridgehead atoms. The largest absolute Gasteiger partial charge is 0.465 e. The van der Waals surface area contributed by atoms with Crippen LogP contribution in [0.25, 0.3) is 0 Å². The molecule has 1 heterocycles. The van der Waals surface area contributed by atoms with Crippen molar-refractivity contribution in [3.05, 3.63) is 51.2 Å². The highest BCUT2D eigenvalue weighted by atomic mass is 32.1. The lowest BCUT2D eigenvalue weighted by Gasteiger charge is -2.09. The Bertz CT molecular complexity index is 812. The van der Waals surface area contributed by atoms with Crippen LogP contribution in [0.3, 0.4) is 0 Å². The maximum absolute atomic E-state index is 12.1. The highest BCUT2D eigenvalue weighted by Gasteiger charge is 2.17. The summed E-state index contributed by atoms with van der Waals surface area (Å²) < 4.78 is 9.75. The molecule has 0 saturated heterocycles. The van der Waals surface area contributed by atoms with Crippen molar-refractivity contribution < 1.29 is 23.9 Å². The number of aryl methyl sites for hydroxylation is 2. The van der Waals surface area contributed by atoms with Crippen LogP contribution in [0.2, 0.25) is 0 Å². The molecule has 0 saturated carbocycles. The number of thiophene rings is 1.